The normalized spacial score (nSPS) is 13.7. The van der Waals surface area contributed by atoms with Gasteiger partial charge in [-0.05, 0) is 43.2 Å². The van der Waals surface area contributed by atoms with Crippen molar-refractivity contribution in [3.63, 3.8) is 0 Å². The van der Waals surface area contributed by atoms with E-state index in [4.69, 9.17) is 16.6 Å². The van der Waals surface area contributed by atoms with Gasteiger partial charge in [-0.1, -0.05) is 37.6 Å². The Kier molecular flexibility index (Phi) is 6.88. The molecule has 0 aliphatic carbocycles. The molecule has 4 rings (SSSR count). The zero-order valence-corrected chi connectivity index (χ0v) is 20.3. The minimum Gasteiger partial charge on any atom is -0.334 e. The number of halogens is 1. The molecule has 3 aromatic rings. The molecule has 7 nitrogen and oxygen atoms in total. The molecule has 1 amide bonds. The molecule has 1 aliphatic rings. The highest BCUT2D eigenvalue weighted by Gasteiger charge is 2.25. The second kappa shape index (κ2) is 9.67. The first-order valence-corrected chi connectivity index (χ1v) is 12.9. The number of sulfonamides is 1. The van der Waals surface area contributed by atoms with Gasteiger partial charge >= 0.3 is 0 Å². The van der Waals surface area contributed by atoms with Gasteiger partial charge in [-0.25, -0.2) is 13.4 Å². The number of amides is 1. The van der Waals surface area contributed by atoms with E-state index >= 15 is 0 Å². The number of nitrogens with zero attached hydrogens (tertiary/aromatic N) is 3. The van der Waals surface area contributed by atoms with E-state index in [1.165, 1.54) is 35.3 Å². The number of imidazole rings is 1. The van der Waals surface area contributed by atoms with Gasteiger partial charge in [0.25, 0.3) is 5.91 Å². The van der Waals surface area contributed by atoms with Gasteiger partial charge in [0, 0.05) is 49.1 Å². The molecule has 1 aromatic heterocycles. The molecule has 1 aliphatic heterocycles. The van der Waals surface area contributed by atoms with Crippen LogP contribution in [0.2, 0.25) is 5.02 Å². The Balaban J connectivity index is 1.52. The number of rotatable bonds is 7. The molecule has 0 unspecified atom stereocenters. The van der Waals surface area contributed by atoms with E-state index in [0.29, 0.717) is 18.8 Å². The van der Waals surface area contributed by atoms with Gasteiger partial charge in [-0.3, -0.25) is 4.79 Å². The number of aromatic nitrogens is 2. The lowest BCUT2D eigenvalue weighted by Crippen LogP contribution is -2.31. The molecule has 0 atom stereocenters. The predicted octanol–water partition coefficient (Wildman–Crippen LogP) is 4.82. The number of carbonyl (C=O) groups is 1. The summed E-state index contributed by atoms with van der Waals surface area (Å²) in [5.74, 6) is 0.708. The molecule has 33 heavy (non-hydrogen) atoms. The van der Waals surface area contributed by atoms with Crippen LogP contribution in [0, 0.1) is 0 Å². The largest absolute Gasteiger partial charge is 0.334 e. The average molecular weight is 487 g/mol. The summed E-state index contributed by atoms with van der Waals surface area (Å²) in [6.07, 6.45) is 5.43. The van der Waals surface area contributed by atoms with Gasteiger partial charge in [0.1, 0.15) is 10.7 Å². The summed E-state index contributed by atoms with van der Waals surface area (Å²) in [5, 5.41) is 2.91. The zero-order valence-electron chi connectivity index (χ0n) is 18.7. The van der Waals surface area contributed by atoms with Gasteiger partial charge in [0.15, 0.2) is 0 Å². The Morgan fingerprint density at radius 3 is 2.52 bits per heavy atom. The monoisotopic (exact) mass is 486 g/mol. The van der Waals surface area contributed by atoms with E-state index in [1.54, 1.807) is 13.8 Å². The van der Waals surface area contributed by atoms with Gasteiger partial charge in [0.2, 0.25) is 10.0 Å². The van der Waals surface area contributed by atoms with Gasteiger partial charge in [-0.15, -0.1) is 0 Å². The summed E-state index contributed by atoms with van der Waals surface area (Å²) in [7, 11) is -3.79. The maximum atomic E-state index is 12.9. The fraction of sp³-hybridized carbons (Fsp3) is 0.333. The summed E-state index contributed by atoms with van der Waals surface area (Å²) < 4.78 is 29.3. The highest BCUT2D eigenvalue weighted by atomic mass is 35.5. The number of carbonyl (C=O) groups excluding carboxylic acids is 1. The Bertz CT molecular complexity index is 1240. The van der Waals surface area contributed by atoms with Crippen molar-refractivity contribution in [2.24, 2.45) is 0 Å². The fourth-order valence-electron chi connectivity index (χ4n) is 4.02. The van der Waals surface area contributed by atoms with Gasteiger partial charge < -0.3 is 9.88 Å². The highest BCUT2D eigenvalue weighted by molar-refractivity contribution is 7.89. The zero-order chi connectivity index (χ0) is 23.6. The van der Waals surface area contributed by atoms with Crippen molar-refractivity contribution in [3.8, 4) is 11.3 Å². The molecule has 9 heteroatoms. The van der Waals surface area contributed by atoms with Crippen LogP contribution in [0.3, 0.4) is 0 Å². The molecule has 1 N–H and O–H groups in total. The Hall–Kier alpha value is -2.68. The quantitative estimate of drug-likeness (QED) is 0.518. The van der Waals surface area contributed by atoms with Crippen LogP contribution in [0.1, 0.15) is 42.9 Å². The second-order valence-corrected chi connectivity index (χ2v) is 10.3. The standard InChI is InChI=1S/C24H27ClN4O3S/c1-3-29(4-2)33(31,32)22-15-18(10-13-20(22)25)24(30)26-19-11-8-17(9-12-19)21-16-28-14-6-5-7-23(28)27-21/h8-13,15-16H,3-7,14H2,1-2H3,(H,26,30). The topological polar surface area (TPSA) is 84.3 Å². The number of benzene rings is 2. The maximum Gasteiger partial charge on any atom is 0.255 e. The maximum absolute atomic E-state index is 12.9. The molecule has 2 heterocycles. The lowest BCUT2D eigenvalue weighted by atomic mass is 10.1. The Morgan fingerprint density at radius 1 is 1.12 bits per heavy atom. The van der Waals surface area contributed by atoms with Crippen LogP contribution in [0.25, 0.3) is 11.3 Å². The van der Waals surface area contributed by atoms with Crippen LogP contribution in [0.15, 0.2) is 53.6 Å². The van der Waals surface area contributed by atoms with Crippen molar-refractivity contribution in [2.75, 3.05) is 18.4 Å². The summed E-state index contributed by atoms with van der Waals surface area (Å²) >= 11 is 6.17. The first-order valence-electron chi connectivity index (χ1n) is 11.1. The highest BCUT2D eigenvalue weighted by Crippen LogP contribution is 2.27. The van der Waals surface area contributed by atoms with Crippen LogP contribution < -0.4 is 5.32 Å². The fourth-order valence-corrected chi connectivity index (χ4v) is 5.98. The first-order chi connectivity index (χ1) is 15.8. The van der Waals surface area contributed by atoms with Crippen molar-refractivity contribution < 1.29 is 13.2 Å². The predicted molar refractivity (Wildman–Crippen MR) is 130 cm³/mol. The van der Waals surface area contributed by atoms with Crippen molar-refractivity contribution in [2.45, 2.75) is 44.6 Å². The van der Waals surface area contributed by atoms with Crippen LogP contribution >= 0.6 is 11.6 Å². The molecular formula is C24H27ClN4O3S. The van der Waals surface area contributed by atoms with E-state index in [9.17, 15) is 13.2 Å². The summed E-state index contributed by atoms with van der Waals surface area (Å²) in [5.41, 5.74) is 2.73. The van der Waals surface area contributed by atoms with E-state index < -0.39 is 15.9 Å². The third-order valence-corrected chi connectivity index (χ3v) is 8.40. The number of fused-ring (bicyclic) bond motifs is 1. The van der Waals surface area contributed by atoms with E-state index in [1.807, 2.05) is 24.3 Å². The van der Waals surface area contributed by atoms with E-state index in [-0.39, 0.29) is 15.5 Å². The lowest BCUT2D eigenvalue weighted by molar-refractivity contribution is 0.102. The first kappa shape index (κ1) is 23.5. The molecule has 0 radical (unpaired) electrons. The third kappa shape index (κ3) is 4.83. The summed E-state index contributed by atoms with van der Waals surface area (Å²) in [6, 6.07) is 11.8. The van der Waals surface area contributed by atoms with Crippen LogP contribution in [0.5, 0.6) is 0 Å². The number of aryl methyl sites for hydroxylation is 2. The Labute approximate surface area is 199 Å². The summed E-state index contributed by atoms with van der Waals surface area (Å²) in [4.78, 5) is 17.5. The van der Waals surface area contributed by atoms with Crippen LogP contribution in [0.4, 0.5) is 5.69 Å². The average Bonchev–Trinajstić information content (AvgIpc) is 3.24. The molecule has 0 spiro atoms. The molecule has 0 fully saturated rings. The second-order valence-electron chi connectivity index (χ2n) is 7.96. The molecule has 0 saturated carbocycles. The number of hydrogen-bond acceptors (Lipinski definition) is 4. The van der Waals surface area contributed by atoms with Crippen molar-refractivity contribution in [3.05, 3.63) is 65.1 Å². The summed E-state index contributed by atoms with van der Waals surface area (Å²) in [6.45, 7) is 5.15. The van der Waals surface area contributed by atoms with Crippen molar-refractivity contribution in [1.82, 2.24) is 13.9 Å². The third-order valence-electron chi connectivity index (χ3n) is 5.86. The number of nitrogens with one attached hydrogen (secondary N) is 1. The molecule has 0 bridgehead atoms. The molecule has 174 valence electrons. The lowest BCUT2D eigenvalue weighted by Gasteiger charge is -2.19. The van der Waals surface area contributed by atoms with Crippen molar-refractivity contribution >= 4 is 33.2 Å². The van der Waals surface area contributed by atoms with Crippen LogP contribution in [-0.4, -0.2) is 41.3 Å². The molecule has 0 saturated heterocycles. The minimum atomic E-state index is -3.79. The van der Waals surface area contributed by atoms with Gasteiger partial charge in [-0.2, -0.15) is 4.31 Å². The minimum absolute atomic E-state index is 0.0698. The van der Waals surface area contributed by atoms with Crippen LogP contribution in [-0.2, 0) is 23.0 Å². The van der Waals surface area contributed by atoms with Crippen molar-refractivity contribution in [1.29, 1.82) is 0 Å². The SMILES string of the molecule is CCN(CC)S(=O)(=O)c1cc(C(=O)Nc2ccc(-c3cn4c(n3)CCCC4)cc2)ccc1Cl. The number of hydrogen-bond donors (Lipinski definition) is 1. The molecular weight excluding hydrogens is 460 g/mol. The Morgan fingerprint density at radius 2 is 1.85 bits per heavy atom. The molecule has 2 aromatic carbocycles. The van der Waals surface area contributed by atoms with E-state index in [2.05, 4.69) is 16.1 Å². The number of anilines is 1. The van der Waals surface area contributed by atoms with Gasteiger partial charge in [0.05, 0.1) is 10.7 Å². The smallest absolute Gasteiger partial charge is 0.255 e. The van der Waals surface area contributed by atoms with E-state index in [0.717, 1.165) is 30.0 Å².